The Kier molecular flexibility index (Phi) is 6.47. The molecule has 0 aliphatic rings. The number of carbonyl (C=O) groups excluding carboxylic acids is 2. The molecule has 6 heteroatoms. The van der Waals surface area contributed by atoms with Crippen LogP contribution in [0.2, 0.25) is 0 Å². The standard InChI is InChI=1S/C17H16INO3S/c1-11-13(8-5-9-15(11)20)17(22)19-14(16(18)21)10-23-12-6-3-2-4-7-12/h2-9,14,20H,10H2,1H3,(H,19,22)/t14-/m0/s1. The molecule has 0 unspecified atom stereocenters. The second-order valence-corrected chi connectivity index (χ2v) is 7.06. The Labute approximate surface area is 152 Å². The van der Waals surface area contributed by atoms with E-state index in [0.717, 1.165) is 4.90 Å². The number of carbonyl (C=O) groups is 2. The fourth-order valence-electron chi connectivity index (χ4n) is 1.97. The maximum absolute atomic E-state index is 12.4. The molecular formula is C17H16INO3S. The average molecular weight is 441 g/mol. The van der Waals surface area contributed by atoms with Gasteiger partial charge in [0.1, 0.15) is 11.8 Å². The van der Waals surface area contributed by atoms with E-state index in [1.165, 1.54) is 17.8 Å². The Morgan fingerprint density at radius 3 is 2.52 bits per heavy atom. The van der Waals surface area contributed by atoms with Gasteiger partial charge in [0.2, 0.25) is 3.79 Å². The van der Waals surface area contributed by atoms with Crippen molar-refractivity contribution >= 4 is 44.0 Å². The summed E-state index contributed by atoms with van der Waals surface area (Å²) < 4.78 is -0.128. The number of rotatable bonds is 6. The number of halogens is 1. The van der Waals surface area contributed by atoms with Gasteiger partial charge in [0.05, 0.1) is 0 Å². The average Bonchev–Trinajstić information content (AvgIpc) is 2.54. The number of amides is 1. The van der Waals surface area contributed by atoms with E-state index in [2.05, 4.69) is 5.32 Å². The first-order valence-electron chi connectivity index (χ1n) is 6.95. The molecule has 2 N–H and O–H groups in total. The van der Waals surface area contributed by atoms with Gasteiger partial charge in [-0.25, -0.2) is 0 Å². The molecule has 0 saturated heterocycles. The second kappa shape index (κ2) is 8.35. The third-order valence-electron chi connectivity index (χ3n) is 3.29. The summed E-state index contributed by atoms with van der Waals surface area (Å²) in [6.45, 7) is 1.67. The number of hydrogen-bond donors (Lipinski definition) is 2. The van der Waals surface area contributed by atoms with Gasteiger partial charge in [-0.15, -0.1) is 11.8 Å². The third-order valence-corrected chi connectivity index (χ3v) is 5.15. The van der Waals surface area contributed by atoms with E-state index in [0.29, 0.717) is 16.9 Å². The summed E-state index contributed by atoms with van der Waals surface area (Å²) in [6.07, 6.45) is 0. The highest BCUT2D eigenvalue weighted by atomic mass is 127. The molecule has 120 valence electrons. The topological polar surface area (TPSA) is 66.4 Å². The molecule has 0 heterocycles. The maximum atomic E-state index is 12.4. The van der Waals surface area contributed by atoms with E-state index in [9.17, 15) is 14.7 Å². The van der Waals surface area contributed by atoms with Gasteiger partial charge >= 0.3 is 0 Å². The van der Waals surface area contributed by atoms with Crippen molar-refractivity contribution in [2.75, 3.05) is 5.75 Å². The van der Waals surface area contributed by atoms with Crippen molar-refractivity contribution in [3.8, 4) is 5.75 Å². The van der Waals surface area contributed by atoms with Crippen LogP contribution >= 0.6 is 34.4 Å². The Morgan fingerprint density at radius 1 is 1.17 bits per heavy atom. The zero-order valence-corrected chi connectivity index (χ0v) is 15.4. The van der Waals surface area contributed by atoms with Crippen LogP contribution in [0.25, 0.3) is 0 Å². The van der Waals surface area contributed by atoms with Gasteiger partial charge in [-0.3, -0.25) is 9.59 Å². The first-order chi connectivity index (χ1) is 11.0. The van der Waals surface area contributed by atoms with Crippen molar-refractivity contribution < 1.29 is 14.7 Å². The summed E-state index contributed by atoms with van der Waals surface area (Å²) in [6, 6.07) is 13.9. The molecule has 4 nitrogen and oxygen atoms in total. The molecule has 2 aromatic rings. The van der Waals surface area contributed by atoms with Crippen LogP contribution in [0, 0.1) is 6.92 Å². The van der Waals surface area contributed by atoms with E-state index in [-0.39, 0.29) is 15.4 Å². The quantitative estimate of drug-likeness (QED) is 0.409. The lowest BCUT2D eigenvalue weighted by Crippen LogP contribution is -2.40. The molecule has 0 aromatic heterocycles. The van der Waals surface area contributed by atoms with Gasteiger partial charge in [0.15, 0.2) is 0 Å². The van der Waals surface area contributed by atoms with Gasteiger partial charge in [-0.2, -0.15) is 0 Å². The Bertz CT molecular complexity index is 706. The van der Waals surface area contributed by atoms with Gasteiger partial charge < -0.3 is 10.4 Å². The van der Waals surface area contributed by atoms with E-state index in [1.54, 1.807) is 41.6 Å². The largest absolute Gasteiger partial charge is 0.508 e. The Morgan fingerprint density at radius 2 is 1.87 bits per heavy atom. The van der Waals surface area contributed by atoms with E-state index >= 15 is 0 Å². The summed E-state index contributed by atoms with van der Waals surface area (Å²) in [7, 11) is 0. The molecule has 0 aliphatic carbocycles. The SMILES string of the molecule is Cc1c(O)cccc1C(=O)N[C@@H](CSc1ccccc1)C(=O)I. The summed E-state index contributed by atoms with van der Waals surface area (Å²) in [4.78, 5) is 25.2. The van der Waals surface area contributed by atoms with Gasteiger partial charge in [0, 0.05) is 44.4 Å². The highest BCUT2D eigenvalue weighted by molar-refractivity contribution is 14.1. The lowest BCUT2D eigenvalue weighted by atomic mass is 10.1. The number of hydrogen-bond acceptors (Lipinski definition) is 4. The fraction of sp³-hybridized carbons (Fsp3) is 0.176. The minimum absolute atomic E-state index is 0.0636. The van der Waals surface area contributed by atoms with Crippen molar-refractivity contribution in [1.29, 1.82) is 0 Å². The summed E-state index contributed by atoms with van der Waals surface area (Å²) >= 11 is 3.21. The normalized spacial score (nSPS) is 11.7. The molecule has 0 bridgehead atoms. The van der Waals surface area contributed by atoms with E-state index < -0.39 is 6.04 Å². The van der Waals surface area contributed by atoms with E-state index in [4.69, 9.17) is 0 Å². The highest BCUT2D eigenvalue weighted by Crippen LogP contribution is 2.21. The number of nitrogens with one attached hydrogen (secondary N) is 1. The first-order valence-corrected chi connectivity index (χ1v) is 9.02. The number of benzene rings is 2. The van der Waals surface area contributed by atoms with Crippen LogP contribution in [0.4, 0.5) is 0 Å². The van der Waals surface area contributed by atoms with Crippen LogP contribution in [0.15, 0.2) is 53.4 Å². The predicted molar refractivity (Wildman–Crippen MR) is 100 cm³/mol. The summed E-state index contributed by atoms with van der Waals surface area (Å²) in [5.74, 6) is 0.158. The number of aromatic hydroxyl groups is 1. The Balaban J connectivity index is 2.05. The molecule has 2 rings (SSSR count). The second-order valence-electron chi connectivity index (χ2n) is 4.90. The van der Waals surface area contributed by atoms with E-state index in [1.807, 2.05) is 30.3 Å². The van der Waals surface area contributed by atoms with Gasteiger partial charge in [-0.05, 0) is 31.2 Å². The Hall–Kier alpha value is -1.54. The number of phenols is 1. The smallest absolute Gasteiger partial charge is 0.252 e. The molecule has 0 spiro atoms. The third kappa shape index (κ3) is 4.97. The maximum Gasteiger partial charge on any atom is 0.252 e. The lowest BCUT2D eigenvalue weighted by molar-refractivity contribution is -0.110. The zero-order valence-electron chi connectivity index (χ0n) is 12.5. The van der Waals surface area contributed by atoms with Crippen molar-refractivity contribution in [3.05, 3.63) is 59.7 Å². The van der Waals surface area contributed by atoms with Gasteiger partial charge in [0.25, 0.3) is 5.91 Å². The minimum Gasteiger partial charge on any atom is -0.508 e. The van der Waals surface area contributed by atoms with Gasteiger partial charge in [-0.1, -0.05) is 24.3 Å². The molecule has 0 aliphatic heterocycles. The summed E-state index contributed by atoms with van der Waals surface area (Å²) in [5, 5.41) is 12.4. The van der Waals surface area contributed by atoms with Crippen LogP contribution in [0.1, 0.15) is 15.9 Å². The number of thioether (sulfide) groups is 1. The molecule has 0 saturated carbocycles. The molecule has 0 fully saturated rings. The van der Waals surface area contributed by atoms with Crippen molar-refractivity contribution in [1.82, 2.24) is 5.32 Å². The highest BCUT2D eigenvalue weighted by Gasteiger charge is 2.21. The minimum atomic E-state index is -0.588. The van der Waals surface area contributed by atoms with Crippen LogP contribution in [-0.4, -0.2) is 26.6 Å². The molecular weight excluding hydrogens is 425 g/mol. The summed E-state index contributed by atoms with van der Waals surface area (Å²) in [5.41, 5.74) is 0.873. The zero-order chi connectivity index (χ0) is 16.8. The monoisotopic (exact) mass is 441 g/mol. The first kappa shape index (κ1) is 17.8. The van der Waals surface area contributed by atoms with Crippen molar-refractivity contribution in [2.45, 2.75) is 17.9 Å². The number of phenolic OH excluding ortho intramolecular Hbond substituents is 1. The van der Waals surface area contributed by atoms with Crippen LogP contribution in [0.5, 0.6) is 5.75 Å². The van der Waals surface area contributed by atoms with Crippen molar-refractivity contribution in [3.63, 3.8) is 0 Å². The van der Waals surface area contributed by atoms with Crippen LogP contribution in [0.3, 0.4) is 0 Å². The molecule has 1 atom stereocenters. The molecule has 23 heavy (non-hydrogen) atoms. The fourth-order valence-corrected chi connectivity index (χ4v) is 3.58. The molecule has 1 amide bonds. The van der Waals surface area contributed by atoms with Crippen LogP contribution in [-0.2, 0) is 4.79 Å². The lowest BCUT2D eigenvalue weighted by Gasteiger charge is -2.16. The molecule has 0 radical (unpaired) electrons. The van der Waals surface area contributed by atoms with Crippen LogP contribution < -0.4 is 5.32 Å². The predicted octanol–water partition coefficient (Wildman–Crippen LogP) is 3.55. The van der Waals surface area contributed by atoms with Crippen molar-refractivity contribution in [2.24, 2.45) is 0 Å². The molecule has 2 aromatic carbocycles.